The minimum atomic E-state index is -0.963. The van der Waals surface area contributed by atoms with Gasteiger partial charge in [0.2, 0.25) is 11.8 Å². The van der Waals surface area contributed by atoms with Gasteiger partial charge in [0.1, 0.15) is 5.75 Å². The van der Waals surface area contributed by atoms with Crippen LogP contribution in [0, 0.1) is 30.6 Å². The molecule has 0 bridgehead atoms. The van der Waals surface area contributed by atoms with Crippen molar-refractivity contribution in [3.8, 4) is 29.4 Å². The molecule has 2 saturated heterocycles. The van der Waals surface area contributed by atoms with E-state index in [1.165, 1.54) is 0 Å². The molecule has 0 saturated carbocycles. The average molecular weight is 747 g/mol. The van der Waals surface area contributed by atoms with Gasteiger partial charge in [0.25, 0.3) is 0 Å². The molecule has 1 N–H and O–H groups in total. The molecule has 54 heavy (non-hydrogen) atoms. The molecule has 2 heterocycles. The van der Waals surface area contributed by atoms with E-state index in [4.69, 9.17) is 4.74 Å². The maximum absolute atomic E-state index is 11.6. The summed E-state index contributed by atoms with van der Waals surface area (Å²) in [6, 6.07) is 22.6. The number of aryl methyl sites for hydroxylation is 1. The van der Waals surface area contributed by atoms with E-state index in [0.29, 0.717) is 25.3 Å². The third-order valence-electron chi connectivity index (χ3n) is 9.70. The summed E-state index contributed by atoms with van der Waals surface area (Å²) in [7, 11) is 0. The summed E-state index contributed by atoms with van der Waals surface area (Å²) >= 11 is 1.71. The van der Waals surface area contributed by atoms with Crippen molar-refractivity contribution < 1.29 is 24.2 Å². The first kappa shape index (κ1) is 40.2. The number of carbonyl (C=O) groups is 3. The zero-order chi connectivity index (χ0) is 38.5. The van der Waals surface area contributed by atoms with Crippen LogP contribution in [-0.4, -0.2) is 120 Å². The monoisotopic (exact) mass is 746 g/mol. The fraction of sp³-hybridized carbons (Fsp3) is 0.386. The second kappa shape index (κ2) is 19.9. The Morgan fingerprint density at radius 3 is 1.65 bits per heavy atom. The summed E-state index contributed by atoms with van der Waals surface area (Å²) in [4.78, 5) is 44.2. The van der Waals surface area contributed by atoms with Crippen LogP contribution in [-0.2, 0) is 14.4 Å². The van der Waals surface area contributed by atoms with Gasteiger partial charge in [-0.1, -0.05) is 60.9 Å². The lowest BCUT2D eigenvalue weighted by Crippen LogP contribution is -2.47. The lowest BCUT2D eigenvalue weighted by molar-refractivity contribution is -0.145. The van der Waals surface area contributed by atoms with Gasteiger partial charge < -0.3 is 19.6 Å². The van der Waals surface area contributed by atoms with Crippen LogP contribution in [0.4, 0.5) is 0 Å². The van der Waals surface area contributed by atoms with Gasteiger partial charge >= 0.3 is 5.97 Å². The Balaban J connectivity index is 1.27. The summed E-state index contributed by atoms with van der Waals surface area (Å²) in [6.45, 7) is 14.7. The smallest absolute Gasteiger partial charge is 0.344 e. The van der Waals surface area contributed by atoms with Crippen molar-refractivity contribution in [2.75, 3.05) is 71.2 Å². The Kier molecular flexibility index (Phi) is 14.8. The summed E-state index contributed by atoms with van der Waals surface area (Å²) in [5.74, 6) is 13.8. The Morgan fingerprint density at radius 1 is 0.759 bits per heavy atom. The average Bonchev–Trinajstić information content (AvgIpc) is 3.17. The number of ether oxygens (including phenoxy) is 1. The molecule has 0 spiro atoms. The third-order valence-corrected chi connectivity index (χ3v) is 10.6. The third kappa shape index (κ3) is 11.8. The fourth-order valence-corrected chi connectivity index (χ4v) is 7.21. The van der Waals surface area contributed by atoms with Crippen LogP contribution in [0.25, 0.3) is 5.57 Å². The quantitative estimate of drug-likeness (QED) is 0.204. The summed E-state index contributed by atoms with van der Waals surface area (Å²) < 4.78 is 5.75. The van der Waals surface area contributed by atoms with Gasteiger partial charge in [0.15, 0.2) is 6.10 Å². The van der Waals surface area contributed by atoms with Gasteiger partial charge in [-0.2, -0.15) is 0 Å². The van der Waals surface area contributed by atoms with Crippen LogP contribution >= 0.6 is 11.8 Å². The first-order valence-electron chi connectivity index (χ1n) is 18.6. The Bertz CT molecular complexity index is 1820. The number of hydrogen-bond donors (Lipinski definition) is 1. The standard InChI is InChI=1S/C44H50N4O5S/c1-5-42(44(51)52)53-43-19-18-40(32-33(43)2)54-31-20-41(38-14-10-36(11-15-38)8-6-21-45-23-27-47(28-24-45)34(3)49)39-16-12-37(13-17-39)9-7-22-46-25-29-48(30-26-46)35(4)50/h10-20,32,42H,5,21-31H2,1-4H3,(H,51,52). The lowest BCUT2D eigenvalue weighted by atomic mass is 9.96. The number of carboxylic acid groups (broad SMARTS) is 1. The molecule has 10 heteroatoms. The van der Waals surface area contributed by atoms with Crippen molar-refractivity contribution in [1.29, 1.82) is 0 Å². The van der Waals surface area contributed by atoms with E-state index >= 15 is 0 Å². The summed E-state index contributed by atoms with van der Waals surface area (Å²) in [6.07, 6.45) is 1.76. The lowest BCUT2D eigenvalue weighted by Gasteiger charge is -2.32. The molecule has 9 nitrogen and oxygen atoms in total. The molecule has 0 radical (unpaired) electrons. The molecule has 1 unspecified atom stereocenters. The molecule has 0 aliphatic carbocycles. The number of thioether (sulfide) groups is 1. The molecule has 5 rings (SSSR count). The number of hydrogen-bond acceptors (Lipinski definition) is 7. The highest BCUT2D eigenvalue weighted by molar-refractivity contribution is 7.99. The molecule has 2 aliphatic rings. The van der Waals surface area contributed by atoms with Crippen LogP contribution in [0.15, 0.2) is 77.7 Å². The maximum atomic E-state index is 11.6. The molecule has 3 aromatic rings. The van der Waals surface area contributed by atoms with Crippen molar-refractivity contribution in [2.24, 2.45) is 0 Å². The fourth-order valence-electron chi connectivity index (χ4n) is 6.34. The van der Waals surface area contributed by atoms with Crippen molar-refractivity contribution in [1.82, 2.24) is 19.6 Å². The highest BCUT2D eigenvalue weighted by Crippen LogP contribution is 2.30. The molecule has 0 aromatic heterocycles. The number of carboxylic acids is 1. The normalized spacial score (nSPS) is 15.3. The summed E-state index contributed by atoms with van der Waals surface area (Å²) in [5.41, 5.74) is 6.09. The van der Waals surface area contributed by atoms with Gasteiger partial charge in [-0.25, -0.2) is 4.79 Å². The van der Waals surface area contributed by atoms with E-state index in [9.17, 15) is 19.5 Å². The van der Waals surface area contributed by atoms with E-state index in [1.54, 1.807) is 32.5 Å². The van der Waals surface area contributed by atoms with Gasteiger partial charge in [-0.05, 0) is 78.1 Å². The molecule has 2 aliphatic heterocycles. The van der Waals surface area contributed by atoms with Crippen molar-refractivity contribution in [3.05, 3.63) is 101 Å². The minimum absolute atomic E-state index is 0.129. The molecule has 1 atom stereocenters. The van der Waals surface area contributed by atoms with Crippen LogP contribution in [0.5, 0.6) is 5.75 Å². The predicted molar refractivity (Wildman–Crippen MR) is 215 cm³/mol. The van der Waals surface area contributed by atoms with Crippen LogP contribution in [0.2, 0.25) is 0 Å². The molecule has 3 aromatic carbocycles. The number of carbonyl (C=O) groups excluding carboxylic acids is 2. The van der Waals surface area contributed by atoms with Gasteiger partial charge in [0.05, 0.1) is 13.1 Å². The zero-order valence-corrected chi connectivity index (χ0v) is 32.6. The van der Waals surface area contributed by atoms with E-state index in [0.717, 1.165) is 96.4 Å². The number of nitrogens with zero attached hydrogens (tertiary/aromatic N) is 4. The van der Waals surface area contributed by atoms with Crippen molar-refractivity contribution >= 4 is 35.1 Å². The highest BCUT2D eigenvalue weighted by Gasteiger charge is 2.19. The van der Waals surface area contributed by atoms with Crippen LogP contribution in [0.3, 0.4) is 0 Å². The van der Waals surface area contributed by atoms with Gasteiger partial charge in [-0.15, -0.1) is 11.8 Å². The SMILES string of the molecule is CCC(Oc1ccc(SCC=C(c2ccc(C#CCN3CCN(C(C)=O)CC3)cc2)c2ccc(C#CCN3CCN(C(C)=O)CC3)cc2)cc1C)C(=O)O. The van der Waals surface area contributed by atoms with Gasteiger partial charge in [-0.3, -0.25) is 19.4 Å². The summed E-state index contributed by atoms with van der Waals surface area (Å²) in [5, 5.41) is 9.41. The Labute approximate surface area is 324 Å². The number of amides is 2. The number of rotatable bonds is 11. The second-order valence-electron chi connectivity index (χ2n) is 13.5. The topological polar surface area (TPSA) is 93.6 Å². The predicted octanol–water partition coefficient (Wildman–Crippen LogP) is 5.49. The Morgan fingerprint density at radius 2 is 1.24 bits per heavy atom. The van der Waals surface area contributed by atoms with Crippen LogP contribution < -0.4 is 4.74 Å². The molecule has 282 valence electrons. The molecule has 2 fully saturated rings. The first-order valence-corrected chi connectivity index (χ1v) is 19.6. The van der Waals surface area contributed by atoms with E-state index < -0.39 is 12.1 Å². The Hall–Kier alpha value is -5.00. The second-order valence-corrected chi connectivity index (χ2v) is 14.6. The number of benzene rings is 3. The van der Waals surface area contributed by atoms with Crippen molar-refractivity contribution in [3.63, 3.8) is 0 Å². The maximum Gasteiger partial charge on any atom is 0.344 e. The van der Waals surface area contributed by atoms with E-state index in [1.807, 2.05) is 34.9 Å². The minimum Gasteiger partial charge on any atom is -0.479 e. The number of piperazine rings is 2. The van der Waals surface area contributed by atoms with E-state index in [2.05, 4.69) is 88.1 Å². The van der Waals surface area contributed by atoms with Crippen LogP contribution in [0.1, 0.15) is 55.0 Å². The molecule has 2 amide bonds. The van der Waals surface area contributed by atoms with Gasteiger partial charge in [0, 0.05) is 88.0 Å². The molecular weight excluding hydrogens is 697 g/mol. The largest absolute Gasteiger partial charge is 0.479 e. The van der Waals surface area contributed by atoms with Crippen molar-refractivity contribution in [2.45, 2.75) is 45.1 Å². The molecular formula is C44H50N4O5S. The zero-order valence-electron chi connectivity index (χ0n) is 31.8. The van der Waals surface area contributed by atoms with E-state index in [-0.39, 0.29) is 11.8 Å². The number of aliphatic carboxylic acids is 1. The highest BCUT2D eigenvalue weighted by atomic mass is 32.2. The first-order chi connectivity index (χ1) is 26.1.